The van der Waals surface area contributed by atoms with Gasteiger partial charge in [0.1, 0.15) is 12.1 Å². The third kappa shape index (κ3) is 3.88. The molecular weight excluding hydrogens is 410 g/mol. The molecule has 3 rings (SSSR count). The van der Waals surface area contributed by atoms with Crippen molar-refractivity contribution in [1.29, 1.82) is 0 Å². The highest BCUT2D eigenvalue weighted by atomic mass is 79.9. The number of benzene rings is 2. The molecule has 1 saturated heterocycles. The molecule has 1 unspecified atom stereocenters. The fraction of sp³-hybridized carbons (Fsp3) is 0.250. The van der Waals surface area contributed by atoms with Gasteiger partial charge in [-0.3, -0.25) is 14.5 Å². The third-order valence-electron chi connectivity index (χ3n) is 4.62. The molecule has 7 heteroatoms. The van der Waals surface area contributed by atoms with E-state index in [1.54, 1.807) is 37.3 Å². The monoisotopic (exact) mass is 429 g/mol. The molecule has 1 aliphatic rings. The topological polar surface area (TPSA) is 78.5 Å². The summed E-state index contributed by atoms with van der Waals surface area (Å²) in [5.74, 6) is -0.886. The van der Waals surface area contributed by atoms with E-state index in [0.29, 0.717) is 11.3 Å². The molecular formula is C20H20BrN3O3. The molecule has 1 heterocycles. The molecule has 0 aromatic heterocycles. The van der Waals surface area contributed by atoms with Crippen LogP contribution in [0.3, 0.4) is 0 Å². The van der Waals surface area contributed by atoms with Gasteiger partial charge in [0.05, 0.1) is 0 Å². The maximum absolute atomic E-state index is 12.9. The zero-order valence-electron chi connectivity index (χ0n) is 15.1. The van der Waals surface area contributed by atoms with Crippen LogP contribution in [-0.2, 0) is 21.5 Å². The number of anilines is 1. The van der Waals surface area contributed by atoms with Crippen LogP contribution >= 0.6 is 15.9 Å². The number of urea groups is 1. The molecule has 0 radical (unpaired) electrons. The number of hydrogen-bond donors (Lipinski definition) is 2. The van der Waals surface area contributed by atoms with Gasteiger partial charge in [0, 0.05) is 10.2 Å². The van der Waals surface area contributed by atoms with Gasteiger partial charge in [-0.05, 0) is 48.7 Å². The summed E-state index contributed by atoms with van der Waals surface area (Å²) in [5, 5.41) is 5.41. The first kappa shape index (κ1) is 19.1. The van der Waals surface area contributed by atoms with Crippen molar-refractivity contribution in [2.24, 2.45) is 0 Å². The molecule has 0 saturated carbocycles. The summed E-state index contributed by atoms with van der Waals surface area (Å²) in [5.41, 5.74) is 1.23. The van der Waals surface area contributed by atoms with Gasteiger partial charge < -0.3 is 10.6 Å². The Hall–Kier alpha value is -2.67. The van der Waals surface area contributed by atoms with Gasteiger partial charge in [-0.2, -0.15) is 0 Å². The second kappa shape index (κ2) is 7.52. The Morgan fingerprint density at radius 2 is 1.89 bits per heavy atom. The van der Waals surface area contributed by atoms with Gasteiger partial charge >= 0.3 is 6.03 Å². The van der Waals surface area contributed by atoms with Gasteiger partial charge in [0.2, 0.25) is 5.91 Å². The lowest BCUT2D eigenvalue weighted by molar-refractivity contribution is -0.133. The van der Waals surface area contributed by atoms with Crippen LogP contribution in [0.2, 0.25) is 0 Å². The first-order valence-corrected chi connectivity index (χ1v) is 9.41. The van der Waals surface area contributed by atoms with E-state index in [0.717, 1.165) is 21.4 Å². The Labute approximate surface area is 166 Å². The zero-order chi connectivity index (χ0) is 19.6. The highest BCUT2D eigenvalue weighted by Gasteiger charge is 2.49. The Bertz CT molecular complexity index is 898. The van der Waals surface area contributed by atoms with Gasteiger partial charge in [0.25, 0.3) is 5.91 Å². The van der Waals surface area contributed by atoms with Gasteiger partial charge in [-0.1, -0.05) is 47.1 Å². The van der Waals surface area contributed by atoms with Crippen molar-refractivity contribution in [3.63, 3.8) is 0 Å². The van der Waals surface area contributed by atoms with Crippen LogP contribution in [0.4, 0.5) is 10.5 Å². The summed E-state index contributed by atoms with van der Waals surface area (Å²) >= 11 is 3.37. The summed E-state index contributed by atoms with van der Waals surface area (Å²) in [4.78, 5) is 38.5. The maximum atomic E-state index is 12.9. The van der Waals surface area contributed by atoms with Crippen molar-refractivity contribution in [2.75, 3.05) is 11.9 Å². The van der Waals surface area contributed by atoms with Crippen molar-refractivity contribution in [1.82, 2.24) is 10.2 Å². The Morgan fingerprint density at radius 3 is 2.52 bits per heavy atom. The number of carbonyl (C=O) groups excluding carboxylic acids is 3. The van der Waals surface area contributed by atoms with E-state index >= 15 is 0 Å². The summed E-state index contributed by atoms with van der Waals surface area (Å²) < 4.78 is 0.801. The number of carbonyl (C=O) groups is 3. The number of amides is 4. The molecule has 0 aliphatic carbocycles. The second-order valence-electron chi connectivity index (χ2n) is 6.56. The van der Waals surface area contributed by atoms with E-state index in [1.807, 2.05) is 25.1 Å². The predicted octanol–water partition coefficient (Wildman–Crippen LogP) is 3.42. The number of hydrogen-bond acceptors (Lipinski definition) is 3. The van der Waals surface area contributed by atoms with E-state index in [2.05, 4.69) is 26.6 Å². The Morgan fingerprint density at radius 1 is 1.19 bits per heavy atom. The lowest BCUT2D eigenvalue weighted by Gasteiger charge is -2.22. The lowest BCUT2D eigenvalue weighted by Crippen LogP contribution is -2.42. The average Bonchev–Trinajstić information content (AvgIpc) is 2.86. The minimum Gasteiger partial charge on any atom is -0.325 e. The number of nitrogens with one attached hydrogen (secondary N) is 2. The van der Waals surface area contributed by atoms with Crippen LogP contribution in [-0.4, -0.2) is 29.3 Å². The summed E-state index contributed by atoms with van der Waals surface area (Å²) in [6.45, 7) is 3.34. The van der Waals surface area contributed by atoms with Crippen LogP contribution in [0.15, 0.2) is 53.0 Å². The molecule has 1 fully saturated rings. The average molecular weight is 430 g/mol. The molecule has 0 spiro atoms. The molecule has 6 nitrogen and oxygen atoms in total. The SMILES string of the molecule is CCc1ccc(NC(=O)CN2C(=O)NC(C)(c3cccc(Br)c3)C2=O)cc1. The number of halogens is 1. The third-order valence-corrected chi connectivity index (χ3v) is 5.12. The van der Waals surface area contributed by atoms with E-state index in [-0.39, 0.29) is 6.54 Å². The van der Waals surface area contributed by atoms with Crippen molar-refractivity contribution in [3.8, 4) is 0 Å². The number of nitrogens with zero attached hydrogens (tertiary/aromatic N) is 1. The van der Waals surface area contributed by atoms with E-state index in [9.17, 15) is 14.4 Å². The lowest BCUT2D eigenvalue weighted by atomic mass is 9.92. The van der Waals surface area contributed by atoms with Crippen molar-refractivity contribution >= 4 is 39.5 Å². The number of imide groups is 1. The minimum atomic E-state index is -1.20. The molecule has 2 aromatic rings. The smallest absolute Gasteiger partial charge is 0.325 e. The first-order valence-electron chi connectivity index (χ1n) is 8.62. The van der Waals surface area contributed by atoms with Crippen molar-refractivity contribution in [3.05, 3.63) is 64.1 Å². The van der Waals surface area contributed by atoms with Crippen LogP contribution in [0, 0.1) is 0 Å². The Balaban J connectivity index is 1.72. The standard InChI is InChI=1S/C20H20BrN3O3/c1-3-13-7-9-16(10-8-13)22-17(25)12-24-18(26)20(2,23-19(24)27)14-5-4-6-15(21)11-14/h4-11H,3,12H2,1-2H3,(H,22,25)(H,23,27). The van der Waals surface area contributed by atoms with Crippen molar-refractivity contribution < 1.29 is 14.4 Å². The van der Waals surface area contributed by atoms with E-state index in [4.69, 9.17) is 0 Å². The number of aryl methyl sites for hydroxylation is 1. The number of rotatable bonds is 5. The van der Waals surface area contributed by atoms with Crippen LogP contribution in [0.5, 0.6) is 0 Å². The zero-order valence-corrected chi connectivity index (χ0v) is 16.7. The normalized spacial score (nSPS) is 19.1. The quantitative estimate of drug-likeness (QED) is 0.714. The van der Waals surface area contributed by atoms with Gasteiger partial charge in [-0.15, -0.1) is 0 Å². The van der Waals surface area contributed by atoms with E-state index in [1.165, 1.54) is 0 Å². The molecule has 1 aliphatic heterocycles. The summed E-state index contributed by atoms with van der Waals surface area (Å²) in [6.07, 6.45) is 0.908. The van der Waals surface area contributed by atoms with Crippen LogP contribution < -0.4 is 10.6 Å². The summed E-state index contributed by atoms with van der Waals surface area (Å²) in [6, 6.07) is 14.0. The van der Waals surface area contributed by atoms with E-state index < -0.39 is 23.4 Å². The molecule has 4 amide bonds. The van der Waals surface area contributed by atoms with Gasteiger partial charge in [0.15, 0.2) is 0 Å². The molecule has 27 heavy (non-hydrogen) atoms. The maximum Gasteiger partial charge on any atom is 0.325 e. The van der Waals surface area contributed by atoms with Gasteiger partial charge in [-0.25, -0.2) is 4.79 Å². The fourth-order valence-corrected chi connectivity index (χ4v) is 3.40. The molecule has 2 N–H and O–H groups in total. The largest absolute Gasteiger partial charge is 0.325 e. The predicted molar refractivity (Wildman–Crippen MR) is 106 cm³/mol. The highest BCUT2D eigenvalue weighted by Crippen LogP contribution is 2.30. The Kier molecular flexibility index (Phi) is 5.32. The van der Waals surface area contributed by atoms with Crippen LogP contribution in [0.1, 0.15) is 25.0 Å². The highest BCUT2D eigenvalue weighted by molar-refractivity contribution is 9.10. The van der Waals surface area contributed by atoms with Crippen LogP contribution in [0.25, 0.3) is 0 Å². The fourth-order valence-electron chi connectivity index (χ4n) is 3.00. The van der Waals surface area contributed by atoms with Crippen molar-refractivity contribution in [2.45, 2.75) is 25.8 Å². The summed E-state index contributed by atoms with van der Waals surface area (Å²) in [7, 11) is 0. The minimum absolute atomic E-state index is 0.343. The molecule has 0 bridgehead atoms. The molecule has 140 valence electrons. The molecule has 2 aromatic carbocycles. The second-order valence-corrected chi connectivity index (χ2v) is 7.47. The first-order chi connectivity index (χ1) is 12.8. The molecule has 1 atom stereocenters.